The Morgan fingerprint density at radius 3 is 2.89 bits per heavy atom. The monoisotopic (exact) mass is 377 g/mol. The van der Waals surface area contributed by atoms with Crippen LogP contribution in [0, 0.1) is 11.3 Å². The van der Waals surface area contributed by atoms with Crippen LogP contribution in [0.25, 0.3) is 10.6 Å². The third-order valence-electron chi connectivity index (χ3n) is 4.28. The molecule has 1 heterocycles. The quantitative estimate of drug-likeness (QED) is 0.654. The highest BCUT2D eigenvalue weighted by atomic mass is 32.1. The van der Waals surface area contributed by atoms with Crippen molar-refractivity contribution in [3.63, 3.8) is 0 Å². The van der Waals surface area contributed by atoms with Gasteiger partial charge in [0.2, 0.25) is 0 Å². The zero-order chi connectivity index (χ0) is 19.2. The van der Waals surface area contributed by atoms with Gasteiger partial charge in [-0.2, -0.15) is 5.26 Å². The summed E-state index contributed by atoms with van der Waals surface area (Å²) in [5.74, 6) is 0.602. The lowest BCUT2D eigenvalue weighted by Crippen LogP contribution is -2.06. The van der Waals surface area contributed by atoms with Gasteiger partial charge in [0, 0.05) is 12.0 Å². The Labute approximate surface area is 164 Å². The fourth-order valence-corrected chi connectivity index (χ4v) is 3.75. The average molecular weight is 378 g/mol. The van der Waals surface area contributed by atoms with Crippen LogP contribution in [0.2, 0.25) is 0 Å². The number of nitrogens with zero attached hydrogens (tertiary/aromatic N) is 3. The second-order valence-corrected chi connectivity index (χ2v) is 7.83. The van der Waals surface area contributed by atoms with Gasteiger partial charge in [0.1, 0.15) is 21.8 Å². The number of hydrogen-bond donors (Lipinski definition) is 0. The molecule has 1 saturated carbocycles. The van der Waals surface area contributed by atoms with Gasteiger partial charge in [-0.3, -0.25) is 0 Å². The first-order valence-electron chi connectivity index (χ1n) is 9.14. The molecule has 1 aliphatic rings. The van der Waals surface area contributed by atoms with Crippen molar-refractivity contribution in [3.8, 4) is 22.4 Å². The molecule has 0 N–H and O–H groups in total. The Bertz CT molecular complexity index is 931. The molecule has 0 atom stereocenters. The van der Waals surface area contributed by atoms with Crippen molar-refractivity contribution < 1.29 is 4.74 Å². The Hall–Kier alpha value is -2.71. The van der Waals surface area contributed by atoms with Crippen molar-refractivity contribution in [2.75, 3.05) is 0 Å². The number of rotatable bonds is 6. The van der Waals surface area contributed by atoms with E-state index in [4.69, 9.17) is 4.74 Å². The lowest BCUT2D eigenvalue weighted by Gasteiger charge is -2.11. The zero-order valence-corrected chi connectivity index (χ0v) is 16.6. The van der Waals surface area contributed by atoms with E-state index in [0.717, 1.165) is 34.8 Å². The summed E-state index contributed by atoms with van der Waals surface area (Å²) in [5, 5.41) is 19.7. The molecule has 3 rings (SSSR count). The first-order chi connectivity index (χ1) is 13.1. The van der Waals surface area contributed by atoms with Crippen LogP contribution in [0.1, 0.15) is 43.7 Å². The molecule has 0 amide bonds. The van der Waals surface area contributed by atoms with Crippen LogP contribution in [0.5, 0.6) is 5.75 Å². The third kappa shape index (κ3) is 4.93. The smallest absolute Gasteiger partial charge is 0.147 e. The maximum Gasteiger partial charge on any atom is 0.147 e. The molecule has 138 valence electrons. The largest absolute Gasteiger partial charge is 0.490 e. The molecule has 27 heavy (non-hydrogen) atoms. The van der Waals surface area contributed by atoms with E-state index in [1.807, 2.05) is 32.0 Å². The normalized spacial score (nSPS) is 15.8. The van der Waals surface area contributed by atoms with E-state index >= 15 is 0 Å². The Morgan fingerprint density at radius 2 is 2.19 bits per heavy atom. The van der Waals surface area contributed by atoms with Gasteiger partial charge in [-0.15, -0.1) is 10.2 Å². The van der Waals surface area contributed by atoms with Gasteiger partial charge in [-0.05, 0) is 56.9 Å². The molecule has 1 aromatic heterocycles. The van der Waals surface area contributed by atoms with Crippen molar-refractivity contribution in [3.05, 3.63) is 64.7 Å². The van der Waals surface area contributed by atoms with E-state index in [-0.39, 0.29) is 6.10 Å². The molecule has 4 nitrogen and oxygen atoms in total. The maximum absolute atomic E-state index is 9.38. The summed E-state index contributed by atoms with van der Waals surface area (Å²) in [6.07, 6.45) is 10.6. The van der Waals surface area contributed by atoms with Crippen LogP contribution in [-0.2, 0) is 6.42 Å². The first-order valence-corrected chi connectivity index (χ1v) is 9.96. The second kappa shape index (κ2) is 8.79. The summed E-state index contributed by atoms with van der Waals surface area (Å²) >= 11 is 1.55. The van der Waals surface area contributed by atoms with Gasteiger partial charge in [0.05, 0.1) is 11.7 Å². The molecular formula is C22H23N3OS. The standard InChI is InChI=1S/C22H23N3OS/c1-15(2)26-20-12-11-18(13-19(20)14-23)22-25-24-21(27-22)10-5-4-8-17-9-6-7-16(17)3/h4-5,8,11-13,15H,3,6-7,9-10H2,1-2H3/b5-4-,17-8-. The molecule has 1 fully saturated rings. The molecule has 0 radical (unpaired) electrons. The molecule has 2 aromatic rings. The van der Waals surface area contributed by atoms with E-state index in [1.54, 1.807) is 11.3 Å². The van der Waals surface area contributed by atoms with Crippen molar-refractivity contribution in [1.82, 2.24) is 10.2 Å². The predicted molar refractivity (Wildman–Crippen MR) is 110 cm³/mol. The second-order valence-electron chi connectivity index (χ2n) is 6.77. The van der Waals surface area contributed by atoms with Crippen LogP contribution in [0.4, 0.5) is 0 Å². The van der Waals surface area contributed by atoms with E-state index in [9.17, 15) is 5.26 Å². The summed E-state index contributed by atoms with van der Waals surface area (Å²) in [5.41, 5.74) is 4.02. The zero-order valence-electron chi connectivity index (χ0n) is 15.7. The van der Waals surface area contributed by atoms with Gasteiger partial charge in [0.25, 0.3) is 0 Å². The van der Waals surface area contributed by atoms with Crippen LogP contribution < -0.4 is 4.74 Å². The predicted octanol–water partition coefficient (Wildman–Crippen LogP) is 5.63. The number of aromatic nitrogens is 2. The molecule has 1 aliphatic carbocycles. The molecule has 0 bridgehead atoms. The number of hydrogen-bond acceptors (Lipinski definition) is 5. The van der Waals surface area contributed by atoms with Crippen LogP contribution in [-0.4, -0.2) is 16.3 Å². The van der Waals surface area contributed by atoms with E-state index in [2.05, 4.69) is 41.1 Å². The number of benzene rings is 1. The van der Waals surface area contributed by atoms with E-state index in [0.29, 0.717) is 11.3 Å². The van der Waals surface area contributed by atoms with E-state index < -0.39 is 0 Å². The van der Waals surface area contributed by atoms with Crippen molar-refractivity contribution >= 4 is 11.3 Å². The molecular weight excluding hydrogens is 354 g/mol. The topological polar surface area (TPSA) is 58.8 Å². The van der Waals surface area contributed by atoms with Crippen LogP contribution in [0.15, 0.2) is 54.2 Å². The fraction of sp³-hybridized carbons (Fsp3) is 0.318. The maximum atomic E-state index is 9.38. The van der Waals surface area contributed by atoms with Gasteiger partial charge in [-0.1, -0.05) is 41.7 Å². The van der Waals surface area contributed by atoms with Crippen LogP contribution in [0.3, 0.4) is 0 Å². The SMILES string of the molecule is C=C1CCC/C1=C/C=C\Cc1nnc(-c2ccc(OC(C)C)c(C#N)c2)s1. The minimum atomic E-state index is 0.0271. The van der Waals surface area contributed by atoms with Gasteiger partial charge in [-0.25, -0.2) is 0 Å². The highest BCUT2D eigenvalue weighted by Gasteiger charge is 2.12. The molecule has 0 aliphatic heterocycles. The summed E-state index contributed by atoms with van der Waals surface area (Å²) in [4.78, 5) is 0. The summed E-state index contributed by atoms with van der Waals surface area (Å²) in [7, 11) is 0. The van der Waals surface area contributed by atoms with Crippen molar-refractivity contribution in [2.45, 2.75) is 45.6 Å². The highest BCUT2D eigenvalue weighted by molar-refractivity contribution is 7.14. The summed E-state index contributed by atoms with van der Waals surface area (Å²) in [6.45, 7) is 7.98. The summed E-state index contributed by atoms with van der Waals surface area (Å²) < 4.78 is 5.67. The van der Waals surface area contributed by atoms with E-state index in [1.165, 1.54) is 17.6 Å². The Morgan fingerprint density at radius 1 is 1.33 bits per heavy atom. The molecule has 0 saturated heterocycles. The van der Waals surface area contributed by atoms with Crippen molar-refractivity contribution in [1.29, 1.82) is 5.26 Å². The molecule has 1 aromatic carbocycles. The Balaban J connectivity index is 1.68. The molecule has 5 heteroatoms. The minimum absolute atomic E-state index is 0.0271. The van der Waals surface area contributed by atoms with Gasteiger partial charge < -0.3 is 4.74 Å². The van der Waals surface area contributed by atoms with Gasteiger partial charge in [0.15, 0.2) is 0 Å². The number of nitriles is 1. The lowest BCUT2D eigenvalue weighted by molar-refractivity contribution is 0.242. The minimum Gasteiger partial charge on any atom is -0.490 e. The first kappa shape index (κ1) is 19.1. The van der Waals surface area contributed by atoms with Crippen molar-refractivity contribution in [2.24, 2.45) is 0 Å². The highest BCUT2D eigenvalue weighted by Crippen LogP contribution is 2.30. The number of ether oxygens (including phenoxy) is 1. The molecule has 0 spiro atoms. The lowest BCUT2D eigenvalue weighted by atomic mass is 10.1. The Kier molecular flexibility index (Phi) is 6.20. The average Bonchev–Trinajstić information content (AvgIpc) is 3.28. The third-order valence-corrected chi connectivity index (χ3v) is 5.28. The molecule has 0 unspecified atom stereocenters. The van der Waals surface area contributed by atoms with Gasteiger partial charge >= 0.3 is 0 Å². The summed E-state index contributed by atoms with van der Waals surface area (Å²) in [6, 6.07) is 7.76. The fourth-order valence-electron chi connectivity index (χ4n) is 2.94. The van der Waals surface area contributed by atoms with Crippen LogP contribution >= 0.6 is 11.3 Å². The number of allylic oxidation sites excluding steroid dienone is 5.